The van der Waals surface area contributed by atoms with Crippen LogP contribution in [0.3, 0.4) is 0 Å². The van der Waals surface area contributed by atoms with Crippen LogP contribution in [0.2, 0.25) is 0 Å². The Hall–Kier alpha value is -2.65. The largest absolute Gasteiger partial charge is 0.506 e. The zero-order valence-corrected chi connectivity index (χ0v) is 20.5. The number of rotatable bonds is 6. The van der Waals surface area contributed by atoms with Crippen LogP contribution in [0.1, 0.15) is 42.2 Å². The van der Waals surface area contributed by atoms with Gasteiger partial charge >= 0.3 is 0 Å². The molecular weight excluding hydrogens is 542 g/mol. The van der Waals surface area contributed by atoms with Gasteiger partial charge in [-0.1, -0.05) is 33.2 Å². The molecule has 0 unspecified atom stereocenters. The highest BCUT2D eigenvalue weighted by Gasteiger charge is 2.22. The van der Waals surface area contributed by atoms with E-state index in [9.17, 15) is 9.90 Å². The van der Waals surface area contributed by atoms with E-state index in [0.29, 0.717) is 21.3 Å². The van der Waals surface area contributed by atoms with E-state index in [2.05, 4.69) is 47.5 Å². The van der Waals surface area contributed by atoms with Gasteiger partial charge in [-0.05, 0) is 65.9 Å². The molecular formula is C23H21Br2N3O4. The molecule has 3 aromatic rings. The number of phenolic OH excluding ortho intramolecular Hbond substituents is 1. The second-order valence-electron chi connectivity index (χ2n) is 7.45. The number of nitrogens with zero attached hydrogens (tertiary/aromatic N) is 2. The first kappa shape index (κ1) is 22.5. The summed E-state index contributed by atoms with van der Waals surface area (Å²) in [6.07, 6.45) is 5.36. The highest BCUT2D eigenvalue weighted by Crippen LogP contribution is 2.40. The van der Waals surface area contributed by atoms with Gasteiger partial charge in [0.25, 0.3) is 5.91 Å². The van der Waals surface area contributed by atoms with Crippen molar-refractivity contribution in [1.29, 1.82) is 0 Å². The van der Waals surface area contributed by atoms with Gasteiger partial charge in [0.15, 0.2) is 6.61 Å². The molecule has 0 saturated carbocycles. The Morgan fingerprint density at radius 2 is 2.00 bits per heavy atom. The smallest absolute Gasteiger partial charge is 0.280 e. The Morgan fingerprint density at radius 1 is 1.25 bits per heavy atom. The summed E-state index contributed by atoms with van der Waals surface area (Å²) < 4.78 is 7.46. The number of benzene rings is 2. The van der Waals surface area contributed by atoms with Crippen LogP contribution in [-0.2, 0) is 22.5 Å². The summed E-state index contributed by atoms with van der Waals surface area (Å²) in [7, 11) is 0. The van der Waals surface area contributed by atoms with Crippen molar-refractivity contribution in [2.75, 3.05) is 6.61 Å². The lowest BCUT2D eigenvalue weighted by Gasteiger charge is -2.10. The molecule has 0 spiro atoms. The maximum Gasteiger partial charge on any atom is 0.280 e. The number of hydrogen-bond donors (Lipinski definition) is 2. The number of hydrogen-bond acceptors (Lipinski definition) is 6. The summed E-state index contributed by atoms with van der Waals surface area (Å²) in [5.74, 6) is 0.541. The van der Waals surface area contributed by atoms with Crippen molar-refractivity contribution in [3.05, 3.63) is 61.7 Å². The number of phenols is 1. The van der Waals surface area contributed by atoms with Gasteiger partial charge in [0.2, 0.25) is 0 Å². The summed E-state index contributed by atoms with van der Waals surface area (Å²) in [5.41, 5.74) is 6.25. The molecule has 0 bridgehead atoms. The van der Waals surface area contributed by atoms with Crippen LogP contribution in [0.25, 0.3) is 11.0 Å². The summed E-state index contributed by atoms with van der Waals surface area (Å²) >= 11 is 6.74. The number of nitrogens with one attached hydrogen (secondary N) is 1. The second-order valence-corrected chi connectivity index (χ2v) is 9.22. The Balaban J connectivity index is 1.43. The van der Waals surface area contributed by atoms with Crippen molar-refractivity contribution in [2.45, 2.75) is 32.6 Å². The number of carbonyl (C=O) groups excluding carboxylic acids is 1. The van der Waals surface area contributed by atoms with E-state index in [0.717, 1.165) is 52.4 Å². The quantitative estimate of drug-likeness (QED) is 0.309. The average Bonchev–Trinajstić information content (AvgIpc) is 3.14. The number of fused-ring (bicyclic) bond motifs is 3. The van der Waals surface area contributed by atoms with Crippen molar-refractivity contribution in [3.8, 4) is 5.75 Å². The van der Waals surface area contributed by atoms with E-state index in [-0.39, 0.29) is 12.4 Å². The molecule has 0 saturated heterocycles. The van der Waals surface area contributed by atoms with E-state index in [4.69, 9.17) is 9.25 Å². The fraction of sp³-hybridized carbons (Fsp3) is 0.261. The van der Waals surface area contributed by atoms with Gasteiger partial charge in [0.1, 0.15) is 17.1 Å². The van der Waals surface area contributed by atoms with Crippen LogP contribution in [0, 0.1) is 0 Å². The number of amides is 1. The van der Waals surface area contributed by atoms with Gasteiger partial charge in [-0.2, -0.15) is 5.10 Å². The molecule has 1 aliphatic carbocycles. The third-order valence-electron chi connectivity index (χ3n) is 5.25. The predicted octanol–water partition coefficient (Wildman–Crippen LogP) is 5.43. The van der Waals surface area contributed by atoms with E-state index in [1.54, 1.807) is 13.0 Å². The molecule has 9 heteroatoms. The number of halogens is 2. The number of hydrazone groups is 1. The molecule has 7 nitrogen and oxygen atoms in total. The lowest BCUT2D eigenvalue weighted by atomic mass is 9.94. The summed E-state index contributed by atoms with van der Waals surface area (Å²) in [5, 5.41) is 19.4. The highest BCUT2D eigenvalue weighted by molar-refractivity contribution is 9.10. The summed E-state index contributed by atoms with van der Waals surface area (Å²) in [6.45, 7) is 1.51. The van der Waals surface area contributed by atoms with Crippen LogP contribution in [0.4, 0.5) is 0 Å². The van der Waals surface area contributed by atoms with Crippen LogP contribution < -0.4 is 5.43 Å². The van der Waals surface area contributed by atoms with Crippen LogP contribution in [0.5, 0.6) is 5.75 Å². The Morgan fingerprint density at radius 3 is 2.78 bits per heavy atom. The highest BCUT2D eigenvalue weighted by atomic mass is 79.9. The molecule has 166 valence electrons. The normalized spacial score (nSPS) is 14.0. The van der Waals surface area contributed by atoms with Crippen molar-refractivity contribution in [2.24, 2.45) is 10.3 Å². The molecule has 1 aromatic heterocycles. The van der Waals surface area contributed by atoms with Gasteiger partial charge in [-0.15, -0.1) is 0 Å². The Labute approximate surface area is 201 Å². The number of furan rings is 1. The van der Waals surface area contributed by atoms with Crippen LogP contribution in [-0.4, -0.2) is 29.5 Å². The third-order valence-corrected chi connectivity index (χ3v) is 6.38. The minimum absolute atomic E-state index is 0.0515. The zero-order valence-electron chi connectivity index (χ0n) is 17.3. The minimum atomic E-state index is -0.464. The molecule has 0 radical (unpaired) electrons. The van der Waals surface area contributed by atoms with Crippen LogP contribution >= 0.6 is 31.9 Å². The molecule has 32 heavy (non-hydrogen) atoms. The van der Waals surface area contributed by atoms with Crippen molar-refractivity contribution < 1.29 is 19.2 Å². The number of aryl methyl sites for hydroxylation is 2. The molecule has 0 atom stereocenters. The van der Waals surface area contributed by atoms with Crippen molar-refractivity contribution in [3.63, 3.8) is 0 Å². The third kappa shape index (κ3) is 4.88. The van der Waals surface area contributed by atoms with E-state index in [1.807, 2.05) is 24.3 Å². The molecule has 2 N–H and O–H groups in total. The van der Waals surface area contributed by atoms with Crippen molar-refractivity contribution >= 4 is 60.7 Å². The standard InChI is InChI=1S/C23H21Br2N3O4/c1-13(14-6-8-15(24)9-7-14)28-31-12-21(29)27-26-11-17-22-16-4-2-3-5-19(16)32-20(22)10-18(25)23(17)30/h6-11,30H,2-5,12H2,1H3,(H,27,29)/b26-11-,28-13+. The van der Waals surface area contributed by atoms with Gasteiger partial charge < -0.3 is 14.4 Å². The average molecular weight is 563 g/mol. The molecule has 1 amide bonds. The molecule has 4 rings (SSSR count). The predicted molar refractivity (Wildman–Crippen MR) is 130 cm³/mol. The topological polar surface area (TPSA) is 96.4 Å². The van der Waals surface area contributed by atoms with E-state index >= 15 is 0 Å². The Kier molecular flexibility index (Phi) is 6.95. The maximum atomic E-state index is 12.1. The van der Waals surface area contributed by atoms with E-state index in [1.165, 1.54) is 6.21 Å². The van der Waals surface area contributed by atoms with E-state index < -0.39 is 5.91 Å². The Bertz CT molecular complexity index is 1220. The minimum Gasteiger partial charge on any atom is -0.506 e. The fourth-order valence-electron chi connectivity index (χ4n) is 3.67. The van der Waals surface area contributed by atoms with Crippen molar-refractivity contribution in [1.82, 2.24) is 5.43 Å². The van der Waals surface area contributed by atoms with Gasteiger partial charge in [-0.3, -0.25) is 4.79 Å². The number of oxime groups is 1. The monoisotopic (exact) mass is 561 g/mol. The number of carbonyl (C=O) groups is 1. The molecule has 1 heterocycles. The first-order chi connectivity index (χ1) is 15.4. The van der Waals surface area contributed by atoms with Crippen LogP contribution in [0.15, 0.2) is 54.0 Å². The SMILES string of the molecule is C/C(=N\OCC(=O)N/N=C\c1c(O)c(Br)cc2oc3c(c12)CCCC3)c1ccc(Br)cc1. The van der Waals surface area contributed by atoms with Gasteiger partial charge in [0, 0.05) is 27.4 Å². The lowest BCUT2D eigenvalue weighted by molar-refractivity contribution is -0.125. The molecule has 0 fully saturated rings. The van der Waals surface area contributed by atoms with Gasteiger partial charge in [0.05, 0.1) is 16.4 Å². The molecule has 1 aliphatic rings. The summed E-state index contributed by atoms with van der Waals surface area (Å²) in [4.78, 5) is 17.2. The van der Waals surface area contributed by atoms with Gasteiger partial charge in [-0.25, -0.2) is 5.43 Å². The maximum absolute atomic E-state index is 12.1. The molecule has 0 aliphatic heterocycles. The fourth-order valence-corrected chi connectivity index (χ4v) is 4.36. The second kappa shape index (κ2) is 9.87. The molecule has 2 aromatic carbocycles. The first-order valence-electron chi connectivity index (χ1n) is 10.1. The number of aromatic hydroxyl groups is 1. The first-order valence-corrected chi connectivity index (χ1v) is 11.7. The summed E-state index contributed by atoms with van der Waals surface area (Å²) in [6, 6.07) is 9.37. The zero-order chi connectivity index (χ0) is 22.7. The lowest BCUT2D eigenvalue weighted by Crippen LogP contribution is -2.22.